The van der Waals surface area contributed by atoms with Crippen molar-refractivity contribution >= 4 is 28.5 Å². The van der Waals surface area contributed by atoms with E-state index in [9.17, 15) is 9.59 Å². The first-order valence-corrected chi connectivity index (χ1v) is 9.12. The Kier molecular flexibility index (Phi) is 5.03. The van der Waals surface area contributed by atoms with E-state index in [1.807, 2.05) is 47.0 Å². The molecule has 0 fully saturated rings. The van der Waals surface area contributed by atoms with Gasteiger partial charge in [0.05, 0.1) is 11.0 Å². The molecule has 7 heteroatoms. The molecule has 2 aromatic heterocycles. The van der Waals surface area contributed by atoms with Crippen LogP contribution < -0.4 is 10.6 Å². The van der Waals surface area contributed by atoms with Crippen LogP contribution in [-0.4, -0.2) is 26.3 Å². The lowest BCUT2D eigenvalue weighted by Crippen LogP contribution is -2.22. The molecule has 0 unspecified atom stereocenters. The smallest absolute Gasteiger partial charge is 0.251 e. The predicted octanol–water partition coefficient (Wildman–Crippen LogP) is 3.31. The average molecular weight is 385 g/mol. The molecule has 4 rings (SSSR count). The van der Waals surface area contributed by atoms with Crippen LogP contribution in [-0.2, 0) is 11.3 Å². The van der Waals surface area contributed by atoms with Crippen molar-refractivity contribution in [1.29, 1.82) is 0 Å². The van der Waals surface area contributed by atoms with Gasteiger partial charge in [-0.2, -0.15) is 0 Å². The van der Waals surface area contributed by atoms with Crippen LogP contribution in [0.5, 0.6) is 0 Å². The van der Waals surface area contributed by atoms with E-state index in [0.717, 1.165) is 16.8 Å². The fraction of sp³-hybridized carbons (Fsp3) is 0.0909. The number of aromatic nitrogens is 3. The van der Waals surface area contributed by atoms with E-state index >= 15 is 0 Å². The number of imidazole rings is 1. The van der Waals surface area contributed by atoms with Gasteiger partial charge in [0.25, 0.3) is 5.91 Å². The molecule has 7 nitrogen and oxygen atoms in total. The van der Waals surface area contributed by atoms with Crippen molar-refractivity contribution in [2.24, 2.45) is 0 Å². The highest BCUT2D eigenvalue weighted by Crippen LogP contribution is 2.22. The van der Waals surface area contributed by atoms with Crippen molar-refractivity contribution in [3.63, 3.8) is 0 Å². The van der Waals surface area contributed by atoms with Crippen LogP contribution in [0.3, 0.4) is 0 Å². The Labute approximate surface area is 167 Å². The molecule has 2 N–H and O–H groups in total. The lowest BCUT2D eigenvalue weighted by Gasteiger charge is -2.08. The molecule has 0 saturated heterocycles. The van der Waals surface area contributed by atoms with Gasteiger partial charge in [0.1, 0.15) is 6.33 Å². The molecule has 29 heavy (non-hydrogen) atoms. The standard InChI is InChI=1S/C22H19N5O2/c1-15(28)26-18-5-2-6-19(11-18)27-14-25-20-10-17(7-8-21(20)27)22(29)24-13-16-4-3-9-23-12-16/h2-12,14H,13H2,1H3,(H,24,29)(H,26,28). The van der Waals surface area contributed by atoms with Gasteiger partial charge < -0.3 is 10.6 Å². The maximum atomic E-state index is 12.5. The van der Waals surface area contributed by atoms with E-state index in [2.05, 4.69) is 20.6 Å². The highest BCUT2D eigenvalue weighted by atomic mass is 16.2. The molecule has 2 amide bonds. The zero-order valence-corrected chi connectivity index (χ0v) is 15.8. The molecule has 4 aromatic rings. The van der Waals surface area contributed by atoms with Crippen molar-refractivity contribution in [1.82, 2.24) is 19.9 Å². The largest absolute Gasteiger partial charge is 0.348 e. The summed E-state index contributed by atoms with van der Waals surface area (Å²) in [6.45, 7) is 1.88. The van der Waals surface area contributed by atoms with E-state index in [4.69, 9.17) is 0 Å². The first kappa shape index (κ1) is 18.4. The molecule has 0 spiro atoms. The second-order valence-electron chi connectivity index (χ2n) is 6.59. The third-order valence-corrected chi connectivity index (χ3v) is 4.43. The van der Waals surface area contributed by atoms with Crippen LogP contribution in [0.15, 0.2) is 73.3 Å². The second kappa shape index (κ2) is 7.93. The number of anilines is 1. The summed E-state index contributed by atoms with van der Waals surface area (Å²) in [7, 11) is 0. The van der Waals surface area contributed by atoms with Gasteiger partial charge in [-0.25, -0.2) is 4.98 Å². The van der Waals surface area contributed by atoms with Crippen LogP contribution >= 0.6 is 0 Å². The monoisotopic (exact) mass is 385 g/mol. The number of nitrogens with zero attached hydrogens (tertiary/aromatic N) is 3. The van der Waals surface area contributed by atoms with Crippen molar-refractivity contribution < 1.29 is 9.59 Å². The summed E-state index contributed by atoms with van der Waals surface area (Å²) in [5.74, 6) is -0.294. The SMILES string of the molecule is CC(=O)Nc1cccc(-n2cnc3cc(C(=O)NCc4cccnc4)ccc32)c1. The van der Waals surface area contributed by atoms with Crippen molar-refractivity contribution in [3.8, 4) is 5.69 Å². The summed E-state index contributed by atoms with van der Waals surface area (Å²) >= 11 is 0. The van der Waals surface area contributed by atoms with Crippen LogP contribution in [0.4, 0.5) is 5.69 Å². The average Bonchev–Trinajstić information content (AvgIpc) is 3.16. The Balaban J connectivity index is 1.56. The summed E-state index contributed by atoms with van der Waals surface area (Å²) < 4.78 is 1.91. The van der Waals surface area contributed by atoms with Gasteiger partial charge in [-0.05, 0) is 48.0 Å². The lowest BCUT2D eigenvalue weighted by molar-refractivity contribution is -0.114. The molecular formula is C22H19N5O2. The molecule has 0 aliphatic heterocycles. The molecule has 0 atom stereocenters. The topological polar surface area (TPSA) is 88.9 Å². The Morgan fingerprint density at radius 2 is 1.97 bits per heavy atom. The maximum absolute atomic E-state index is 12.5. The first-order valence-electron chi connectivity index (χ1n) is 9.12. The molecule has 0 aliphatic carbocycles. The van der Waals surface area contributed by atoms with E-state index in [0.29, 0.717) is 23.3 Å². The highest BCUT2D eigenvalue weighted by Gasteiger charge is 2.11. The highest BCUT2D eigenvalue weighted by molar-refractivity contribution is 5.97. The molecule has 0 aliphatic rings. The number of carbonyl (C=O) groups is 2. The third kappa shape index (κ3) is 4.14. The number of amides is 2. The van der Waals surface area contributed by atoms with Gasteiger partial charge in [-0.1, -0.05) is 12.1 Å². The first-order chi connectivity index (χ1) is 14.1. The Bertz CT molecular complexity index is 1180. The van der Waals surface area contributed by atoms with E-state index in [1.54, 1.807) is 30.9 Å². The molecule has 0 bridgehead atoms. The minimum Gasteiger partial charge on any atom is -0.348 e. The van der Waals surface area contributed by atoms with Crippen LogP contribution in [0.25, 0.3) is 16.7 Å². The number of hydrogen-bond donors (Lipinski definition) is 2. The molecule has 0 saturated carbocycles. The third-order valence-electron chi connectivity index (χ3n) is 4.43. The molecule has 0 radical (unpaired) electrons. The summed E-state index contributed by atoms with van der Waals surface area (Å²) in [5, 5.41) is 5.67. The number of benzene rings is 2. The number of fused-ring (bicyclic) bond motifs is 1. The minimum absolute atomic E-state index is 0.125. The van der Waals surface area contributed by atoms with E-state index in [1.165, 1.54) is 6.92 Å². The van der Waals surface area contributed by atoms with Crippen LogP contribution in [0.2, 0.25) is 0 Å². The summed E-state index contributed by atoms with van der Waals surface area (Å²) in [4.78, 5) is 32.3. The van der Waals surface area contributed by atoms with Crippen molar-refractivity contribution in [3.05, 3.63) is 84.4 Å². The van der Waals surface area contributed by atoms with Crippen LogP contribution in [0, 0.1) is 0 Å². The van der Waals surface area contributed by atoms with Crippen LogP contribution in [0.1, 0.15) is 22.8 Å². The number of hydrogen-bond acceptors (Lipinski definition) is 4. The van der Waals surface area contributed by atoms with Gasteiger partial charge in [-0.3, -0.25) is 19.1 Å². The number of nitrogens with one attached hydrogen (secondary N) is 2. The second-order valence-corrected chi connectivity index (χ2v) is 6.59. The van der Waals surface area contributed by atoms with Crippen molar-refractivity contribution in [2.45, 2.75) is 13.5 Å². The molecular weight excluding hydrogens is 366 g/mol. The normalized spacial score (nSPS) is 10.7. The van der Waals surface area contributed by atoms with Crippen molar-refractivity contribution in [2.75, 3.05) is 5.32 Å². The number of carbonyl (C=O) groups excluding carboxylic acids is 2. The Morgan fingerprint density at radius 1 is 1.07 bits per heavy atom. The van der Waals surface area contributed by atoms with Gasteiger partial charge >= 0.3 is 0 Å². The zero-order chi connectivity index (χ0) is 20.2. The number of pyridine rings is 1. The predicted molar refractivity (Wildman–Crippen MR) is 111 cm³/mol. The summed E-state index contributed by atoms with van der Waals surface area (Å²) in [6.07, 6.45) is 5.12. The molecule has 2 aromatic carbocycles. The van der Waals surface area contributed by atoms with Gasteiger partial charge in [0.2, 0.25) is 5.91 Å². The lowest BCUT2D eigenvalue weighted by atomic mass is 10.1. The number of rotatable bonds is 5. The summed E-state index contributed by atoms with van der Waals surface area (Å²) in [6, 6.07) is 16.7. The molecule has 144 valence electrons. The Morgan fingerprint density at radius 3 is 2.76 bits per heavy atom. The molecule has 2 heterocycles. The van der Waals surface area contributed by atoms with Gasteiger partial charge in [0.15, 0.2) is 0 Å². The van der Waals surface area contributed by atoms with E-state index in [-0.39, 0.29) is 11.8 Å². The fourth-order valence-corrected chi connectivity index (χ4v) is 3.08. The maximum Gasteiger partial charge on any atom is 0.251 e. The zero-order valence-electron chi connectivity index (χ0n) is 15.8. The van der Waals surface area contributed by atoms with Gasteiger partial charge in [-0.15, -0.1) is 0 Å². The minimum atomic E-state index is -0.169. The van der Waals surface area contributed by atoms with Gasteiger partial charge in [0, 0.05) is 42.8 Å². The summed E-state index contributed by atoms with van der Waals surface area (Å²) in [5.41, 5.74) is 4.64. The van der Waals surface area contributed by atoms with E-state index < -0.39 is 0 Å². The quantitative estimate of drug-likeness (QED) is 0.552. The Hall–Kier alpha value is -4.00. The fourth-order valence-electron chi connectivity index (χ4n) is 3.08.